The van der Waals surface area contributed by atoms with E-state index in [9.17, 15) is 17.6 Å². The highest BCUT2D eigenvalue weighted by Crippen LogP contribution is 2.11. The van der Waals surface area contributed by atoms with Gasteiger partial charge in [0, 0.05) is 29.0 Å². The molecule has 0 saturated carbocycles. The monoisotopic (exact) mass is 390 g/mol. The highest BCUT2D eigenvalue weighted by Gasteiger charge is 2.10. The molecule has 0 radical (unpaired) electrons. The molecule has 0 bridgehead atoms. The molecule has 0 aliphatic heterocycles. The first-order chi connectivity index (χ1) is 12.3. The standard InChI is InChI=1S/C18H15FN2O3S2/c1-26(23,24)15-8-6-13(7-9-15)17(22)20-18-21(10-11-25-18)12-14-4-2-3-5-16(14)19/h2-11H,12H2,1H3. The summed E-state index contributed by atoms with van der Waals surface area (Å²) in [7, 11) is -3.32. The molecule has 1 amide bonds. The molecule has 0 saturated heterocycles. The molecule has 3 rings (SSSR count). The highest BCUT2D eigenvalue weighted by molar-refractivity contribution is 7.90. The topological polar surface area (TPSA) is 68.5 Å². The van der Waals surface area contributed by atoms with Crippen molar-refractivity contribution in [3.63, 3.8) is 0 Å². The first-order valence-corrected chi connectivity index (χ1v) is 10.4. The third kappa shape index (κ3) is 4.14. The van der Waals surface area contributed by atoms with E-state index in [1.807, 2.05) is 0 Å². The van der Waals surface area contributed by atoms with Crippen molar-refractivity contribution in [2.45, 2.75) is 11.4 Å². The summed E-state index contributed by atoms with van der Waals surface area (Å²) in [5.41, 5.74) is 0.778. The van der Waals surface area contributed by atoms with Crippen LogP contribution in [-0.4, -0.2) is 25.1 Å². The number of benzene rings is 2. The fourth-order valence-corrected chi connectivity index (χ4v) is 3.67. The maximum Gasteiger partial charge on any atom is 0.279 e. The van der Waals surface area contributed by atoms with Gasteiger partial charge in [0.1, 0.15) is 5.82 Å². The van der Waals surface area contributed by atoms with Crippen molar-refractivity contribution in [2.75, 3.05) is 6.26 Å². The van der Waals surface area contributed by atoms with E-state index < -0.39 is 15.7 Å². The van der Waals surface area contributed by atoms with Gasteiger partial charge in [0.2, 0.25) is 0 Å². The highest BCUT2D eigenvalue weighted by atomic mass is 32.2. The number of nitrogens with zero attached hydrogens (tertiary/aromatic N) is 2. The lowest BCUT2D eigenvalue weighted by atomic mass is 10.2. The third-order valence-electron chi connectivity index (χ3n) is 3.69. The molecule has 134 valence electrons. The molecule has 0 N–H and O–H groups in total. The SMILES string of the molecule is CS(=O)(=O)c1ccc(C(=O)N=c2sccn2Cc2ccccc2F)cc1. The molecular weight excluding hydrogens is 375 g/mol. The predicted octanol–water partition coefficient (Wildman–Crippen LogP) is 2.88. The van der Waals surface area contributed by atoms with Crippen LogP contribution in [0.5, 0.6) is 0 Å². The summed E-state index contributed by atoms with van der Waals surface area (Å²) in [6.07, 6.45) is 2.83. The molecular formula is C18H15FN2O3S2. The van der Waals surface area contributed by atoms with Crippen LogP contribution in [-0.2, 0) is 16.4 Å². The van der Waals surface area contributed by atoms with Crippen LogP contribution in [0.3, 0.4) is 0 Å². The number of sulfone groups is 1. The summed E-state index contributed by atoms with van der Waals surface area (Å²) in [4.78, 5) is 17.0. The van der Waals surface area contributed by atoms with Crippen molar-refractivity contribution in [3.05, 3.63) is 81.9 Å². The van der Waals surface area contributed by atoms with Gasteiger partial charge in [-0.1, -0.05) is 18.2 Å². The molecule has 0 atom stereocenters. The van der Waals surface area contributed by atoms with Crippen LogP contribution in [0.2, 0.25) is 0 Å². The third-order valence-corrected chi connectivity index (χ3v) is 5.61. The van der Waals surface area contributed by atoms with Crippen LogP contribution in [0.15, 0.2) is 70.0 Å². The number of rotatable bonds is 4. The number of halogens is 1. The molecule has 0 aliphatic rings. The number of hydrogen-bond acceptors (Lipinski definition) is 4. The summed E-state index contributed by atoms with van der Waals surface area (Å²) < 4.78 is 38.5. The van der Waals surface area contributed by atoms with Crippen molar-refractivity contribution in [2.24, 2.45) is 4.99 Å². The van der Waals surface area contributed by atoms with Crippen LogP contribution in [0.4, 0.5) is 4.39 Å². The van der Waals surface area contributed by atoms with E-state index in [0.29, 0.717) is 10.4 Å². The fraction of sp³-hybridized carbons (Fsp3) is 0.111. The van der Waals surface area contributed by atoms with Crippen molar-refractivity contribution < 1.29 is 17.6 Å². The molecule has 8 heteroatoms. The van der Waals surface area contributed by atoms with E-state index in [4.69, 9.17) is 0 Å². The van der Waals surface area contributed by atoms with Crippen LogP contribution in [0.1, 0.15) is 15.9 Å². The van der Waals surface area contributed by atoms with Gasteiger partial charge in [-0.2, -0.15) is 4.99 Å². The largest absolute Gasteiger partial charge is 0.319 e. The maximum atomic E-state index is 13.8. The zero-order valence-corrected chi connectivity index (χ0v) is 15.4. The van der Waals surface area contributed by atoms with Gasteiger partial charge in [-0.15, -0.1) is 11.3 Å². The second-order valence-corrected chi connectivity index (χ2v) is 8.51. The lowest BCUT2D eigenvalue weighted by Crippen LogP contribution is -2.17. The van der Waals surface area contributed by atoms with E-state index in [1.165, 1.54) is 41.7 Å². The van der Waals surface area contributed by atoms with Crippen LogP contribution in [0.25, 0.3) is 0 Å². The Balaban J connectivity index is 1.88. The number of thiazole rings is 1. The van der Waals surface area contributed by atoms with E-state index in [-0.39, 0.29) is 22.8 Å². The number of carbonyl (C=O) groups is 1. The molecule has 5 nitrogen and oxygen atoms in total. The van der Waals surface area contributed by atoms with Crippen LogP contribution in [0, 0.1) is 5.82 Å². The number of hydrogen-bond donors (Lipinski definition) is 0. The molecule has 1 aromatic heterocycles. The summed E-state index contributed by atoms with van der Waals surface area (Å²) in [6.45, 7) is 0.259. The van der Waals surface area contributed by atoms with E-state index in [0.717, 1.165) is 6.26 Å². The van der Waals surface area contributed by atoms with Crippen molar-refractivity contribution in [3.8, 4) is 0 Å². The van der Waals surface area contributed by atoms with Gasteiger partial charge < -0.3 is 4.57 Å². The molecule has 26 heavy (non-hydrogen) atoms. The molecule has 0 unspecified atom stereocenters. The Bertz CT molecular complexity index is 1110. The van der Waals surface area contributed by atoms with Crippen molar-refractivity contribution in [1.82, 2.24) is 4.57 Å². The van der Waals surface area contributed by atoms with Gasteiger partial charge in [-0.3, -0.25) is 4.79 Å². The second-order valence-electron chi connectivity index (χ2n) is 5.62. The lowest BCUT2D eigenvalue weighted by Gasteiger charge is -2.04. The summed E-state index contributed by atoms with van der Waals surface area (Å²) in [5.74, 6) is -0.811. The van der Waals surface area contributed by atoms with Gasteiger partial charge in [-0.25, -0.2) is 12.8 Å². The van der Waals surface area contributed by atoms with Gasteiger partial charge in [0.15, 0.2) is 14.6 Å². The van der Waals surface area contributed by atoms with Gasteiger partial charge >= 0.3 is 0 Å². The Kier molecular flexibility index (Phi) is 5.15. The molecule has 3 aromatic rings. The average Bonchev–Trinajstić information content (AvgIpc) is 3.03. The van der Waals surface area contributed by atoms with Gasteiger partial charge in [-0.05, 0) is 30.3 Å². The quantitative estimate of drug-likeness (QED) is 0.688. The lowest BCUT2D eigenvalue weighted by molar-refractivity contribution is 0.0997. The number of amides is 1. The van der Waals surface area contributed by atoms with E-state index in [1.54, 1.807) is 34.3 Å². The number of aromatic nitrogens is 1. The molecule has 0 aliphatic carbocycles. The Morgan fingerprint density at radius 2 is 1.85 bits per heavy atom. The minimum atomic E-state index is -3.32. The smallest absolute Gasteiger partial charge is 0.279 e. The molecule has 0 fully saturated rings. The second kappa shape index (κ2) is 7.35. The number of carbonyl (C=O) groups excluding carboxylic acids is 1. The van der Waals surface area contributed by atoms with Crippen molar-refractivity contribution >= 4 is 27.1 Å². The zero-order valence-electron chi connectivity index (χ0n) is 13.8. The fourth-order valence-electron chi connectivity index (χ4n) is 2.31. The molecule has 0 spiro atoms. The molecule has 1 heterocycles. The van der Waals surface area contributed by atoms with Gasteiger partial charge in [0.25, 0.3) is 5.91 Å². The summed E-state index contributed by atoms with van der Waals surface area (Å²) in [6, 6.07) is 12.0. The van der Waals surface area contributed by atoms with E-state index in [2.05, 4.69) is 4.99 Å². The van der Waals surface area contributed by atoms with E-state index >= 15 is 0 Å². The minimum Gasteiger partial charge on any atom is -0.319 e. The maximum absolute atomic E-state index is 13.8. The Labute approximate surface area is 154 Å². The Morgan fingerprint density at radius 3 is 2.50 bits per heavy atom. The first-order valence-electron chi connectivity index (χ1n) is 7.61. The normalized spacial score (nSPS) is 12.3. The minimum absolute atomic E-state index is 0.139. The molecule has 2 aromatic carbocycles. The first kappa shape index (κ1) is 18.2. The van der Waals surface area contributed by atoms with Crippen LogP contribution < -0.4 is 4.80 Å². The Hall–Kier alpha value is -2.58. The Morgan fingerprint density at radius 1 is 1.15 bits per heavy atom. The summed E-state index contributed by atoms with van der Waals surface area (Å²) in [5, 5.41) is 1.76. The van der Waals surface area contributed by atoms with Crippen LogP contribution >= 0.6 is 11.3 Å². The summed E-state index contributed by atoms with van der Waals surface area (Å²) >= 11 is 1.26. The zero-order chi connectivity index (χ0) is 18.7. The average molecular weight is 390 g/mol. The van der Waals surface area contributed by atoms with Gasteiger partial charge in [0.05, 0.1) is 11.4 Å². The predicted molar refractivity (Wildman–Crippen MR) is 97.3 cm³/mol. The van der Waals surface area contributed by atoms with Crippen molar-refractivity contribution in [1.29, 1.82) is 0 Å².